The summed E-state index contributed by atoms with van der Waals surface area (Å²) in [4.78, 5) is 13.0. The van der Waals surface area contributed by atoms with Crippen molar-refractivity contribution in [2.45, 2.75) is 44.6 Å². The molecule has 0 amide bonds. The molecule has 0 radical (unpaired) electrons. The lowest BCUT2D eigenvalue weighted by Gasteiger charge is -2.27. The van der Waals surface area contributed by atoms with Gasteiger partial charge >= 0.3 is 5.97 Å². The number of carboxylic acid groups (broad SMARTS) is 1. The minimum absolute atomic E-state index is 0.225. The van der Waals surface area contributed by atoms with E-state index in [9.17, 15) is 4.79 Å². The fraction of sp³-hybridized carbons (Fsp3) is 0.917. The summed E-state index contributed by atoms with van der Waals surface area (Å²) in [6.45, 7) is 0.988. The van der Waals surface area contributed by atoms with Gasteiger partial charge < -0.3 is 5.11 Å². The zero-order valence-electron chi connectivity index (χ0n) is 9.48. The summed E-state index contributed by atoms with van der Waals surface area (Å²) in [6.07, 6.45) is 7.60. The first-order valence-corrected chi connectivity index (χ1v) is 6.11. The highest BCUT2D eigenvalue weighted by Crippen LogP contribution is 2.36. The topological polar surface area (TPSA) is 40.5 Å². The minimum Gasteiger partial charge on any atom is -0.480 e. The van der Waals surface area contributed by atoms with Gasteiger partial charge in [0.15, 0.2) is 0 Å². The molecule has 2 rings (SSSR count). The molecule has 1 heterocycles. The Morgan fingerprint density at radius 3 is 2.40 bits per heavy atom. The summed E-state index contributed by atoms with van der Waals surface area (Å²) in [5, 5.41) is 9.06. The normalized spacial score (nSPS) is 34.5. The number of aliphatic carboxylic acids is 1. The van der Waals surface area contributed by atoms with Crippen molar-refractivity contribution >= 4 is 5.97 Å². The van der Waals surface area contributed by atoms with E-state index in [0.29, 0.717) is 5.92 Å². The van der Waals surface area contributed by atoms with Crippen LogP contribution in [0.1, 0.15) is 38.5 Å². The highest BCUT2D eigenvalue weighted by Gasteiger charge is 2.38. The number of hydrogen-bond acceptors (Lipinski definition) is 2. The van der Waals surface area contributed by atoms with Gasteiger partial charge in [0.05, 0.1) is 0 Å². The van der Waals surface area contributed by atoms with Crippen LogP contribution < -0.4 is 0 Å². The van der Waals surface area contributed by atoms with E-state index >= 15 is 0 Å². The second kappa shape index (κ2) is 4.52. The van der Waals surface area contributed by atoms with Gasteiger partial charge in [0.1, 0.15) is 6.04 Å². The quantitative estimate of drug-likeness (QED) is 0.759. The first kappa shape index (κ1) is 10.9. The Kier molecular flexibility index (Phi) is 3.29. The van der Waals surface area contributed by atoms with Crippen molar-refractivity contribution in [3.8, 4) is 0 Å². The van der Waals surface area contributed by atoms with E-state index in [2.05, 4.69) is 0 Å². The monoisotopic (exact) mass is 211 g/mol. The summed E-state index contributed by atoms with van der Waals surface area (Å²) in [6, 6.07) is -0.225. The molecular formula is C12H21NO2. The van der Waals surface area contributed by atoms with Gasteiger partial charge in [0, 0.05) is 6.54 Å². The first-order chi connectivity index (χ1) is 7.18. The maximum atomic E-state index is 11.0. The second-order valence-corrected chi connectivity index (χ2v) is 5.19. The van der Waals surface area contributed by atoms with Gasteiger partial charge in [0.2, 0.25) is 0 Å². The Morgan fingerprint density at radius 1 is 1.20 bits per heavy atom. The molecule has 0 spiro atoms. The molecule has 2 aliphatic rings. The van der Waals surface area contributed by atoms with Crippen LogP contribution in [0.4, 0.5) is 0 Å². The number of likely N-dealkylation sites (N-methyl/N-ethyl adjacent to an activating group) is 1. The van der Waals surface area contributed by atoms with Gasteiger partial charge in [-0.15, -0.1) is 0 Å². The van der Waals surface area contributed by atoms with Crippen LogP contribution in [0.5, 0.6) is 0 Å². The molecule has 1 saturated carbocycles. The molecule has 0 aromatic rings. The van der Waals surface area contributed by atoms with E-state index in [0.717, 1.165) is 18.9 Å². The molecule has 3 nitrogen and oxygen atoms in total. The van der Waals surface area contributed by atoms with E-state index in [4.69, 9.17) is 5.11 Å². The van der Waals surface area contributed by atoms with Crippen LogP contribution >= 0.6 is 0 Å². The average molecular weight is 211 g/mol. The molecule has 1 aliphatic carbocycles. The molecule has 2 atom stereocenters. The Morgan fingerprint density at radius 2 is 1.87 bits per heavy atom. The third-order valence-corrected chi connectivity index (χ3v) is 4.18. The number of rotatable bonds is 2. The van der Waals surface area contributed by atoms with Crippen molar-refractivity contribution in [2.75, 3.05) is 13.6 Å². The molecule has 15 heavy (non-hydrogen) atoms. The highest BCUT2D eigenvalue weighted by atomic mass is 16.4. The summed E-state index contributed by atoms with van der Waals surface area (Å²) in [7, 11) is 1.95. The Labute approximate surface area is 91.5 Å². The van der Waals surface area contributed by atoms with Crippen molar-refractivity contribution < 1.29 is 9.90 Å². The second-order valence-electron chi connectivity index (χ2n) is 5.19. The lowest BCUT2D eigenvalue weighted by Crippen LogP contribution is -2.32. The number of nitrogens with zero attached hydrogens (tertiary/aromatic N) is 1. The van der Waals surface area contributed by atoms with Crippen LogP contribution in [-0.4, -0.2) is 35.6 Å². The van der Waals surface area contributed by atoms with Crippen LogP contribution in [0.2, 0.25) is 0 Å². The molecule has 0 aromatic heterocycles. The van der Waals surface area contributed by atoms with Crippen molar-refractivity contribution in [3.05, 3.63) is 0 Å². The van der Waals surface area contributed by atoms with Gasteiger partial charge in [-0.2, -0.15) is 0 Å². The predicted octanol–water partition coefficient (Wildman–Crippen LogP) is 1.97. The number of carbonyl (C=O) groups is 1. The number of likely N-dealkylation sites (tertiary alicyclic amines) is 1. The molecule has 1 aliphatic heterocycles. The van der Waals surface area contributed by atoms with E-state index in [1.807, 2.05) is 11.9 Å². The zero-order valence-corrected chi connectivity index (χ0v) is 9.48. The standard InChI is InChI=1S/C12H21NO2/c1-13-8-10(7-11(13)12(14)15)9-5-3-2-4-6-9/h9-11H,2-8H2,1H3,(H,14,15). The molecule has 0 aromatic carbocycles. The molecule has 2 unspecified atom stereocenters. The van der Waals surface area contributed by atoms with E-state index in [1.54, 1.807) is 0 Å². The summed E-state index contributed by atoms with van der Waals surface area (Å²) < 4.78 is 0. The minimum atomic E-state index is -0.643. The lowest BCUT2D eigenvalue weighted by atomic mass is 9.79. The molecular weight excluding hydrogens is 190 g/mol. The van der Waals surface area contributed by atoms with Crippen molar-refractivity contribution in [1.29, 1.82) is 0 Å². The Bertz CT molecular complexity index is 236. The van der Waals surface area contributed by atoms with Crippen LogP contribution in [-0.2, 0) is 4.79 Å². The van der Waals surface area contributed by atoms with Crippen molar-refractivity contribution in [3.63, 3.8) is 0 Å². The maximum Gasteiger partial charge on any atom is 0.320 e. The Hall–Kier alpha value is -0.570. The van der Waals surface area contributed by atoms with Crippen molar-refractivity contribution in [2.24, 2.45) is 11.8 Å². The molecule has 2 fully saturated rings. The van der Waals surface area contributed by atoms with Crippen LogP contribution in [0.25, 0.3) is 0 Å². The van der Waals surface area contributed by atoms with E-state index in [-0.39, 0.29) is 6.04 Å². The van der Waals surface area contributed by atoms with Gasteiger partial charge in [-0.05, 0) is 25.3 Å². The van der Waals surface area contributed by atoms with Gasteiger partial charge in [-0.25, -0.2) is 0 Å². The molecule has 0 bridgehead atoms. The van der Waals surface area contributed by atoms with Gasteiger partial charge in [-0.1, -0.05) is 32.1 Å². The first-order valence-electron chi connectivity index (χ1n) is 6.11. The molecule has 1 N–H and O–H groups in total. The zero-order chi connectivity index (χ0) is 10.8. The fourth-order valence-corrected chi connectivity index (χ4v) is 3.27. The highest BCUT2D eigenvalue weighted by molar-refractivity contribution is 5.73. The van der Waals surface area contributed by atoms with Crippen LogP contribution in [0.3, 0.4) is 0 Å². The van der Waals surface area contributed by atoms with Gasteiger partial charge in [-0.3, -0.25) is 9.69 Å². The van der Waals surface area contributed by atoms with Crippen LogP contribution in [0.15, 0.2) is 0 Å². The maximum absolute atomic E-state index is 11.0. The number of hydrogen-bond donors (Lipinski definition) is 1. The smallest absolute Gasteiger partial charge is 0.320 e. The third-order valence-electron chi connectivity index (χ3n) is 4.18. The average Bonchev–Trinajstić information content (AvgIpc) is 2.62. The third kappa shape index (κ3) is 2.33. The molecule has 1 saturated heterocycles. The van der Waals surface area contributed by atoms with E-state index < -0.39 is 5.97 Å². The summed E-state index contributed by atoms with van der Waals surface area (Å²) in [5.74, 6) is 0.790. The summed E-state index contributed by atoms with van der Waals surface area (Å²) in [5.41, 5.74) is 0. The lowest BCUT2D eigenvalue weighted by molar-refractivity contribution is -0.141. The fourth-order valence-electron chi connectivity index (χ4n) is 3.27. The van der Waals surface area contributed by atoms with Crippen LogP contribution in [0, 0.1) is 11.8 Å². The number of carboxylic acids is 1. The molecule has 86 valence electrons. The van der Waals surface area contributed by atoms with Crippen molar-refractivity contribution in [1.82, 2.24) is 4.90 Å². The largest absolute Gasteiger partial charge is 0.480 e. The van der Waals surface area contributed by atoms with E-state index in [1.165, 1.54) is 32.1 Å². The van der Waals surface area contributed by atoms with Gasteiger partial charge in [0.25, 0.3) is 0 Å². The predicted molar refractivity (Wildman–Crippen MR) is 58.7 cm³/mol. The Balaban J connectivity index is 1.92. The molecule has 3 heteroatoms. The summed E-state index contributed by atoms with van der Waals surface area (Å²) >= 11 is 0. The SMILES string of the molecule is CN1CC(C2CCCCC2)CC1C(=O)O.